The zero-order valence-electron chi connectivity index (χ0n) is 17.3. The van der Waals surface area contributed by atoms with E-state index in [1.54, 1.807) is 0 Å². The van der Waals surface area contributed by atoms with Gasteiger partial charge in [0.25, 0.3) is 0 Å². The van der Waals surface area contributed by atoms with Crippen LogP contribution in [0.4, 0.5) is 0 Å². The van der Waals surface area contributed by atoms with Gasteiger partial charge in [0.1, 0.15) is 6.10 Å². The predicted molar refractivity (Wildman–Crippen MR) is 112 cm³/mol. The molecule has 6 heteroatoms. The number of nitrogens with zero attached hydrogens (tertiary/aromatic N) is 2. The monoisotopic (exact) mass is 389 g/mol. The molecule has 28 heavy (non-hydrogen) atoms. The fourth-order valence-corrected chi connectivity index (χ4v) is 3.74. The highest BCUT2D eigenvalue weighted by atomic mass is 16.5. The molecule has 0 radical (unpaired) electrons. The summed E-state index contributed by atoms with van der Waals surface area (Å²) in [7, 11) is 0. The summed E-state index contributed by atoms with van der Waals surface area (Å²) in [6.45, 7) is 9.84. The van der Waals surface area contributed by atoms with Crippen LogP contribution in [0.15, 0.2) is 35.3 Å². The molecule has 0 amide bonds. The Morgan fingerprint density at radius 1 is 1.25 bits per heavy atom. The van der Waals surface area contributed by atoms with Crippen molar-refractivity contribution in [3.63, 3.8) is 0 Å². The average Bonchev–Trinajstić information content (AvgIpc) is 3.28. The van der Waals surface area contributed by atoms with Crippen LogP contribution in [0.1, 0.15) is 44.8 Å². The summed E-state index contributed by atoms with van der Waals surface area (Å²) in [4.78, 5) is 7.14. The molecule has 2 fully saturated rings. The first-order valence-corrected chi connectivity index (χ1v) is 10.7. The number of rotatable bonds is 8. The number of hydrogen-bond donors (Lipinski definition) is 1. The van der Waals surface area contributed by atoms with E-state index >= 15 is 0 Å². The molecule has 2 saturated heterocycles. The Balaban J connectivity index is 1.44. The molecule has 0 aliphatic carbocycles. The molecule has 6 nitrogen and oxygen atoms in total. The Morgan fingerprint density at radius 3 is 2.82 bits per heavy atom. The summed E-state index contributed by atoms with van der Waals surface area (Å²) >= 11 is 0. The lowest BCUT2D eigenvalue weighted by atomic mass is 10.1. The van der Waals surface area contributed by atoms with Crippen LogP contribution in [-0.2, 0) is 14.2 Å². The summed E-state index contributed by atoms with van der Waals surface area (Å²) in [6, 6.07) is 10.3. The normalized spacial score (nSPS) is 24.4. The molecular weight excluding hydrogens is 354 g/mol. The molecule has 3 unspecified atom stereocenters. The van der Waals surface area contributed by atoms with E-state index in [0.717, 1.165) is 64.6 Å². The van der Waals surface area contributed by atoms with Crippen LogP contribution >= 0.6 is 0 Å². The topological polar surface area (TPSA) is 55.3 Å². The SMILES string of the molecule is CCNC(=NCCCOC(C)c1ccccc1)N1CCOC(C2CCCO2)C1. The third-order valence-electron chi connectivity index (χ3n) is 5.31. The van der Waals surface area contributed by atoms with Crippen LogP contribution in [0.5, 0.6) is 0 Å². The number of guanidine groups is 1. The van der Waals surface area contributed by atoms with E-state index < -0.39 is 0 Å². The first-order valence-electron chi connectivity index (χ1n) is 10.7. The molecule has 1 aromatic rings. The number of benzene rings is 1. The van der Waals surface area contributed by atoms with Gasteiger partial charge in [0.15, 0.2) is 5.96 Å². The number of morpholine rings is 1. The largest absolute Gasteiger partial charge is 0.375 e. The molecule has 1 aromatic carbocycles. The first kappa shape index (κ1) is 21.1. The fraction of sp³-hybridized carbons (Fsp3) is 0.682. The van der Waals surface area contributed by atoms with Gasteiger partial charge in [0, 0.05) is 39.4 Å². The highest BCUT2D eigenvalue weighted by Crippen LogP contribution is 2.21. The second kappa shape index (κ2) is 11.4. The second-order valence-electron chi connectivity index (χ2n) is 7.42. The highest BCUT2D eigenvalue weighted by Gasteiger charge is 2.32. The number of hydrogen-bond acceptors (Lipinski definition) is 4. The van der Waals surface area contributed by atoms with Gasteiger partial charge in [-0.2, -0.15) is 0 Å². The van der Waals surface area contributed by atoms with Gasteiger partial charge in [-0.15, -0.1) is 0 Å². The van der Waals surface area contributed by atoms with Gasteiger partial charge >= 0.3 is 0 Å². The van der Waals surface area contributed by atoms with E-state index in [4.69, 9.17) is 19.2 Å². The molecule has 0 bridgehead atoms. The second-order valence-corrected chi connectivity index (χ2v) is 7.42. The molecule has 0 aromatic heterocycles. The van der Waals surface area contributed by atoms with Crippen LogP contribution < -0.4 is 5.32 Å². The smallest absolute Gasteiger partial charge is 0.194 e. The highest BCUT2D eigenvalue weighted by molar-refractivity contribution is 5.80. The van der Waals surface area contributed by atoms with Crippen molar-refractivity contribution in [3.05, 3.63) is 35.9 Å². The average molecular weight is 390 g/mol. The maximum Gasteiger partial charge on any atom is 0.194 e. The van der Waals surface area contributed by atoms with Crippen LogP contribution in [0.3, 0.4) is 0 Å². The van der Waals surface area contributed by atoms with Gasteiger partial charge in [-0.1, -0.05) is 30.3 Å². The van der Waals surface area contributed by atoms with Crippen LogP contribution in [0, 0.1) is 0 Å². The Labute approximate surface area is 169 Å². The van der Waals surface area contributed by atoms with Crippen molar-refractivity contribution in [1.82, 2.24) is 10.2 Å². The van der Waals surface area contributed by atoms with E-state index in [9.17, 15) is 0 Å². The standard InChI is InChI=1S/C22H35N3O3/c1-3-23-22(25-13-16-28-21(17-25)20-11-7-14-27-20)24-12-8-15-26-18(2)19-9-5-4-6-10-19/h4-6,9-10,18,20-21H,3,7-8,11-17H2,1-2H3,(H,23,24). The molecule has 0 saturated carbocycles. The zero-order chi connectivity index (χ0) is 19.6. The molecule has 156 valence electrons. The minimum absolute atomic E-state index is 0.116. The van der Waals surface area contributed by atoms with Gasteiger partial charge in [-0.25, -0.2) is 0 Å². The maximum absolute atomic E-state index is 5.96. The molecule has 0 spiro atoms. The number of aliphatic imine (C=N–C) groups is 1. The first-order chi connectivity index (χ1) is 13.8. The fourth-order valence-electron chi connectivity index (χ4n) is 3.74. The Morgan fingerprint density at radius 2 is 2.07 bits per heavy atom. The Bertz CT molecular complexity index is 590. The summed E-state index contributed by atoms with van der Waals surface area (Å²) in [5, 5.41) is 3.43. The summed E-state index contributed by atoms with van der Waals surface area (Å²) in [5.74, 6) is 0.977. The van der Waals surface area contributed by atoms with Gasteiger partial charge in [0.05, 0.1) is 18.8 Å². The molecule has 3 atom stereocenters. The lowest BCUT2D eigenvalue weighted by molar-refractivity contribution is -0.0817. The maximum atomic E-state index is 5.96. The quantitative estimate of drug-likeness (QED) is 0.421. The molecular formula is C22H35N3O3. The van der Waals surface area contributed by atoms with E-state index in [1.807, 2.05) is 18.2 Å². The Kier molecular flexibility index (Phi) is 8.58. The van der Waals surface area contributed by atoms with Crippen molar-refractivity contribution in [3.8, 4) is 0 Å². The summed E-state index contributed by atoms with van der Waals surface area (Å²) < 4.78 is 17.7. The predicted octanol–water partition coefficient (Wildman–Crippen LogP) is 3.00. The van der Waals surface area contributed by atoms with Crippen molar-refractivity contribution in [2.45, 2.75) is 51.4 Å². The molecule has 3 rings (SSSR count). The van der Waals surface area contributed by atoms with Gasteiger partial charge in [0.2, 0.25) is 0 Å². The molecule has 2 aliphatic heterocycles. The van der Waals surface area contributed by atoms with Crippen molar-refractivity contribution < 1.29 is 14.2 Å². The van der Waals surface area contributed by atoms with Gasteiger partial charge in [-0.05, 0) is 38.7 Å². The zero-order valence-corrected chi connectivity index (χ0v) is 17.3. The molecule has 2 heterocycles. The summed E-state index contributed by atoms with van der Waals surface area (Å²) in [6.07, 6.45) is 3.65. The van der Waals surface area contributed by atoms with Crippen LogP contribution in [0.2, 0.25) is 0 Å². The van der Waals surface area contributed by atoms with Crippen molar-refractivity contribution >= 4 is 5.96 Å². The van der Waals surface area contributed by atoms with E-state index in [-0.39, 0.29) is 18.3 Å². The van der Waals surface area contributed by atoms with Crippen molar-refractivity contribution in [2.24, 2.45) is 4.99 Å². The van der Waals surface area contributed by atoms with Crippen molar-refractivity contribution in [2.75, 3.05) is 46.0 Å². The third kappa shape index (κ3) is 6.19. The Hall–Kier alpha value is -1.63. The van der Waals surface area contributed by atoms with Gasteiger partial charge in [-0.3, -0.25) is 4.99 Å². The minimum Gasteiger partial charge on any atom is -0.375 e. The molecule has 2 aliphatic rings. The van der Waals surface area contributed by atoms with Crippen LogP contribution in [0.25, 0.3) is 0 Å². The number of nitrogens with one attached hydrogen (secondary N) is 1. The van der Waals surface area contributed by atoms with Crippen LogP contribution in [-0.4, -0.2) is 69.1 Å². The van der Waals surface area contributed by atoms with E-state index in [1.165, 1.54) is 5.56 Å². The molecule has 1 N–H and O–H groups in total. The van der Waals surface area contributed by atoms with Gasteiger partial charge < -0.3 is 24.4 Å². The number of ether oxygens (including phenoxy) is 3. The van der Waals surface area contributed by atoms with E-state index in [2.05, 4.69) is 36.2 Å². The third-order valence-corrected chi connectivity index (χ3v) is 5.31. The van der Waals surface area contributed by atoms with Crippen molar-refractivity contribution in [1.29, 1.82) is 0 Å². The lowest BCUT2D eigenvalue weighted by Gasteiger charge is -2.37. The summed E-state index contributed by atoms with van der Waals surface area (Å²) in [5.41, 5.74) is 1.22. The van der Waals surface area contributed by atoms with E-state index in [0.29, 0.717) is 6.61 Å². The lowest BCUT2D eigenvalue weighted by Crippen LogP contribution is -2.53. The minimum atomic E-state index is 0.116.